The van der Waals surface area contributed by atoms with Crippen molar-refractivity contribution in [1.82, 2.24) is 5.16 Å². The number of hydrogen-bond acceptors (Lipinski definition) is 6. The zero-order chi connectivity index (χ0) is 12.4. The van der Waals surface area contributed by atoms with Gasteiger partial charge in [0, 0.05) is 12.0 Å². The summed E-state index contributed by atoms with van der Waals surface area (Å²) in [6, 6.07) is 0. The Morgan fingerprint density at radius 2 is 1.82 bits per heavy atom. The minimum atomic E-state index is -0.562. The molecule has 0 N–H and O–H groups in total. The van der Waals surface area contributed by atoms with Crippen molar-refractivity contribution in [3.05, 3.63) is 17.5 Å². The second kappa shape index (κ2) is 4.57. The van der Waals surface area contributed by atoms with Gasteiger partial charge in [0.2, 0.25) is 0 Å². The highest BCUT2D eigenvalue weighted by atomic mass is 16.5. The Bertz CT molecular complexity index is 400. The van der Waals surface area contributed by atoms with Crippen LogP contribution in [0.4, 0.5) is 0 Å². The first-order valence-electron chi connectivity index (χ1n) is 5.25. The molecule has 0 bridgehead atoms. The predicted molar refractivity (Wildman–Crippen MR) is 54.9 cm³/mol. The van der Waals surface area contributed by atoms with Crippen LogP contribution >= 0.6 is 0 Å². The monoisotopic (exact) mass is 239 g/mol. The topological polar surface area (TPSA) is 78.6 Å². The predicted octanol–water partition coefficient (Wildman–Crippen LogP) is 0.352. The number of nitrogens with zero attached hydrogens (tertiary/aromatic N) is 1. The van der Waals surface area contributed by atoms with E-state index in [2.05, 4.69) is 5.16 Å². The molecule has 0 amide bonds. The molecule has 2 rings (SSSR count). The van der Waals surface area contributed by atoms with E-state index in [0.717, 1.165) is 5.56 Å². The van der Waals surface area contributed by atoms with Crippen LogP contribution in [0.2, 0.25) is 0 Å². The van der Waals surface area contributed by atoms with Crippen LogP contribution in [-0.2, 0) is 31.9 Å². The van der Waals surface area contributed by atoms with Crippen LogP contribution in [0, 0.1) is 11.8 Å². The normalized spacial score (nSPS) is 22.7. The molecule has 0 unspecified atom stereocenters. The van der Waals surface area contributed by atoms with E-state index in [1.165, 1.54) is 14.2 Å². The van der Waals surface area contributed by atoms with E-state index < -0.39 is 23.8 Å². The molecule has 6 nitrogen and oxygen atoms in total. The zero-order valence-electron chi connectivity index (χ0n) is 9.63. The average Bonchev–Trinajstić information content (AvgIpc) is 2.82. The fourth-order valence-corrected chi connectivity index (χ4v) is 2.14. The van der Waals surface area contributed by atoms with E-state index in [0.29, 0.717) is 18.6 Å². The number of fused-ring (bicyclic) bond motifs is 1. The zero-order valence-corrected chi connectivity index (χ0v) is 9.63. The Kier molecular flexibility index (Phi) is 3.12. The number of aromatic nitrogens is 1. The van der Waals surface area contributed by atoms with E-state index in [4.69, 9.17) is 14.0 Å². The van der Waals surface area contributed by atoms with Crippen LogP contribution in [0.3, 0.4) is 0 Å². The van der Waals surface area contributed by atoms with Crippen LogP contribution in [0.25, 0.3) is 0 Å². The van der Waals surface area contributed by atoms with Gasteiger partial charge in [0.15, 0.2) is 0 Å². The lowest BCUT2D eigenvalue weighted by Gasteiger charge is -2.26. The first kappa shape index (κ1) is 11.6. The summed E-state index contributed by atoms with van der Waals surface area (Å²) in [7, 11) is 2.60. The summed E-state index contributed by atoms with van der Waals surface area (Å²) in [6.07, 6.45) is 2.28. The maximum Gasteiger partial charge on any atom is 0.310 e. The van der Waals surface area contributed by atoms with Gasteiger partial charge in [-0.05, 0) is 6.42 Å². The van der Waals surface area contributed by atoms with Crippen molar-refractivity contribution in [2.24, 2.45) is 11.8 Å². The van der Waals surface area contributed by atoms with Gasteiger partial charge in [0.25, 0.3) is 0 Å². The van der Waals surface area contributed by atoms with E-state index >= 15 is 0 Å². The summed E-state index contributed by atoms with van der Waals surface area (Å²) in [5.41, 5.74) is 0.848. The molecule has 1 heterocycles. The number of hydrogen-bond donors (Lipinski definition) is 0. The standard InChI is InChI=1S/C11H13NO5/c1-15-10(13)7-3-6-5-12-17-9(6)4-8(7)11(14)16-2/h5,7-8H,3-4H2,1-2H3/t7-,8-/m0/s1. The minimum absolute atomic E-state index is 0.321. The molecule has 1 aliphatic rings. The maximum atomic E-state index is 11.6. The largest absolute Gasteiger partial charge is 0.469 e. The van der Waals surface area contributed by atoms with Gasteiger partial charge in [0.1, 0.15) is 5.76 Å². The van der Waals surface area contributed by atoms with Crippen LogP contribution < -0.4 is 0 Å². The molecular formula is C11H13NO5. The Morgan fingerprint density at radius 3 is 2.41 bits per heavy atom. The van der Waals surface area contributed by atoms with Crippen LogP contribution in [0.5, 0.6) is 0 Å². The summed E-state index contributed by atoms with van der Waals surface area (Å²) in [6.45, 7) is 0. The van der Waals surface area contributed by atoms with Crippen molar-refractivity contribution < 1.29 is 23.6 Å². The van der Waals surface area contributed by atoms with Crippen LogP contribution in [0.15, 0.2) is 10.7 Å². The molecule has 1 aromatic rings. The highest BCUT2D eigenvalue weighted by Crippen LogP contribution is 2.31. The molecule has 1 aromatic heterocycles. The SMILES string of the molecule is COC(=O)[C@H]1Cc2cnoc2C[C@@H]1C(=O)OC. The number of carbonyl (C=O) groups excluding carboxylic acids is 2. The van der Waals surface area contributed by atoms with Gasteiger partial charge in [-0.15, -0.1) is 0 Å². The second-order valence-electron chi connectivity index (χ2n) is 3.94. The lowest BCUT2D eigenvalue weighted by molar-refractivity contribution is -0.158. The fourth-order valence-electron chi connectivity index (χ4n) is 2.14. The molecule has 0 saturated heterocycles. The van der Waals surface area contributed by atoms with Crippen molar-refractivity contribution >= 4 is 11.9 Å². The Morgan fingerprint density at radius 1 is 1.24 bits per heavy atom. The van der Waals surface area contributed by atoms with Gasteiger partial charge in [-0.1, -0.05) is 5.16 Å². The first-order chi connectivity index (χ1) is 8.17. The summed E-state index contributed by atoms with van der Waals surface area (Å²) in [4.78, 5) is 23.3. The summed E-state index contributed by atoms with van der Waals surface area (Å²) >= 11 is 0. The third kappa shape index (κ3) is 2.02. The van der Waals surface area contributed by atoms with Crippen molar-refractivity contribution in [2.75, 3.05) is 14.2 Å². The number of ether oxygens (including phenoxy) is 2. The lowest BCUT2D eigenvalue weighted by atomic mass is 9.79. The molecule has 2 atom stereocenters. The summed E-state index contributed by atoms with van der Waals surface area (Å²) in [5, 5.41) is 3.66. The van der Waals surface area contributed by atoms with Gasteiger partial charge in [-0.3, -0.25) is 9.59 Å². The van der Waals surface area contributed by atoms with Gasteiger partial charge in [-0.2, -0.15) is 0 Å². The second-order valence-corrected chi connectivity index (χ2v) is 3.94. The van der Waals surface area contributed by atoms with E-state index in [9.17, 15) is 9.59 Å². The van der Waals surface area contributed by atoms with Crippen LogP contribution in [-0.4, -0.2) is 31.3 Å². The summed E-state index contributed by atoms with van der Waals surface area (Å²) < 4.78 is 14.4. The van der Waals surface area contributed by atoms with Gasteiger partial charge in [0.05, 0.1) is 32.3 Å². The van der Waals surface area contributed by atoms with E-state index in [1.54, 1.807) is 6.20 Å². The molecule has 0 saturated carbocycles. The quantitative estimate of drug-likeness (QED) is 0.693. The molecule has 6 heteroatoms. The molecule has 0 radical (unpaired) electrons. The molecule has 0 aromatic carbocycles. The number of rotatable bonds is 2. The third-order valence-electron chi connectivity index (χ3n) is 3.07. The fraction of sp³-hybridized carbons (Fsp3) is 0.545. The molecule has 0 aliphatic heterocycles. The third-order valence-corrected chi connectivity index (χ3v) is 3.07. The van der Waals surface area contributed by atoms with Crippen molar-refractivity contribution in [3.8, 4) is 0 Å². The minimum Gasteiger partial charge on any atom is -0.469 e. The molecule has 1 aliphatic carbocycles. The van der Waals surface area contributed by atoms with Crippen molar-refractivity contribution in [3.63, 3.8) is 0 Å². The summed E-state index contributed by atoms with van der Waals surface area (Å²) in [5.74, 6) is -1.29. The Hall–Kier alpha value is -1.85. The smallest absolute Gasteiger partial charge is 0.310 e. The average molecular weight is 239 g/mol. The maximum absolute atomic E-state index is 11.6. The van der Waals surface area contributed by atoms with Crippen molar-refractivity contribution in [2.45, 2.75) is 12.8 Å². The Balaban J connectivity index is 2.29. The van der Waals surface area contributed by atoms with Gasteiger partial charge < -0.3 is 14.0 Å². The van der Waals surface area contributed by atoms with Gasteiger partial charge >= 0.3 is 11.9 Å². The van der Waals surface area contributed by atoms with Crippen LogP contribution in [0.1, 0.15) is 11.3 Å². The first-order valence-corrected chi connectivity index (χ1v) is 5.25. The highest BCUT2D eigenvalue weighted by molar-refractivity contribution is 5.83. The molecule has 0 spiro atoms. The molecule has 17 heavy (non-hydrogen) atoms. The number of esters is 2. The molecular weight excluding hydrogens is 226 g/mol. The molecule has 92 valence electrons. The number of methoxy groups -OCH3 is 2. The lowest BCUT2D eigenvalue weighted by Crippen LogP contribution is -2.37. The number of carbonyl (C=O) groups is 2. The molecule has 0 fully saturated rings. The van der Waals surface area contributed by atoms with Crippen molar-refractivity contribution in [1.29, 1.82) is 0 Å². The van der Waals surface area contributed by atoms with Gasteiger partial charge in [-0.25, -0.2) is 0 Å². The van der Waals surface area contributed by atoms with E-state index in [1.807, 2.05) is 0 Å². The highest BCUT2D eigenvalue weighted by Gasteiger charge is 2.41. The van der Waals surface area contributed by atoms with E-state index in [-0.39, 0.29) is 0 Å². The Labute approximate surface area is 97.9 Å².